The Morgan fingerprint density at radius 3 is 2.77 bits per heavy atom. The van der Waals surface area contributed by atoms with Gasteiger partial charge in [-0.15, -0.1) is 0 Å². The van der Waals surface area contributed by atoms with Crippen LogP contribution >= 0.6 is 0 Å². The van der Waals surface area contributed by atoms with Crippen molar-refractivity contribution in [3.05, 3.63) is 41.9 Å². The maximum Gasteiger partial charge on any atom is 0.257 e. The number of likely N-dealkylation sites (tertiary alicyclic amines) is 1. The minimum Gasteiger partial charge on any atom is -0.393 e. The Kier molecular flexibility index (Phi) is 4.20. The predicted octanol–water partition coefficient (Wildman–Crippen LogP) is 1.43. The third kappa shape index (κ3) is 2.74. The Balaban J connectivity index is 1.88. The van der Waals surface area contributed by atoms with Gasteiger partial charge in [-0.25, -0.2) is 9.67 Å². The molecule has 1 amide bonds. The number of carbonyl (C=O) groups excluding carboxylic acids is 1. The van der Waals surface area contributed by atoms with Crippen LogP contribution in [0, 0.1) is 0 Å². The average molecular weight is 300 g/mol. The molecule has 0 aromatic carbocycles. The van der Waals surface area contributed by atoms with E-state index in [2.05, 4.69) is 10.1 Å². The molecule has 0 bridgehead atoms. The highest BCUT2D eigenvalue weighted by Crippen LogP contribution is 2.19. The molecule has 0 atom stereocenters. The number of amides is 1. The summed E-state index contributed by atoms with van der Waals surface area (Å²) in [7, 11) is 0. The molecule has 2 aromatic heterocycles. The second-order valence-corrected chi connectivity index (χ2v) is 5.48. The van der Waals surface area contributed by atoms with Crippen LogP contribution in [0.4, 0.5) is 0 Å². The predicted molar refractivity (Wildman–Crippen MR) is 81.9 cm³/mol. The van der Waals surface area contributed by atoms with E-state index in [-0.39, 0.29) is 12.0 Å². The van der Waals surface area contributed by atoms with Gasteiger partial charge in [0.1, 0.15) is 0 Å². The zero-order chi connectivity index (χ0) is 15.5. The third-order valence-electron chi connectivity index (χ3n) is 4.05. The smallest absolute Gasteiger partial charge is 0.257 e. The highest BCUT2D eigenvalue weighted by molar-refractivity contribution is 5.95. The minimum atomic E-state index is -0.286. The molecule has 3 rings (SSSR count). The summed E-state index contributed by atoms with van der Waals surface area (Å²) in [5.74, 6) is 0.707. The van der Waals surface area contributed by atoms with Crippen LogP contribution in [-0.2, 0) is 6.42 Å². The van der Waals surface area contributed by atoms with Crippen LogP contribution < -0.4 is 0 Å². The number of nitrogens with zero attached hydrogens (tertiary/aromatic N) is 4. The van der Waals surface area contributed by atoms with E-state index in [0.717, 1.165) is 5.69 Å². The molecular formula is C16H20N4O2. The van der Waals surface area contributed by atoms with E-state index in [9.17, 15) is 9.90 Å². The van der Waals surface area contributed by atoms with Crippen molar-refractivity contribution in [2.24, 2.45) is 0 Å². The Labute approximate surface area is 129 Å². The molecule has 0 radical (unpaired) electrons. The second kappa shape index (κ2) is 6.27. The fourth-order valence-corrected chi connectivity index (χ4v) is 2.81. The van der Waals surface area contributed by atoms with E-state index in [4.69, 9.17) is 0 Å². The summed E-state index contributed by atoms with van der Waals surface area (Å²) in [6, 6.07) is 5.62. The van der Waals surface area contributed by atoms with Crippen LogP contribution in [0.3, 0.4) is 0 Å². The van der Waals surface area contributed by atoms with Crippen LogP contribution in [0.5, 0.6) is 0 Å². The first-order valence-corrected chi connectivity index (χ1v) is 7.66. The molecule has 22 heavy (non-hydrogen) atoms. The molecule has 0 saturated carbocycles. The van der Waals surface area contributed by atoms with Crippen molar-refractivity contribution in [2.45, 2.75) is 32.3 Å². The summed E-state index contributed by atoms with van der Waals surface area (Å²) in [6.07, 6.45) is 5.04. The lowest BCUT2D eigenvalue weighted by molar-refractivity contribution is 0.0545. The first kappa shape index (κ1) is 14.7. The molecule has 0 aliphatic carbocycles. The van der Waals surface area contributed by atoms with Gasteiger partial charge in [0.25, 0.3) is 5.91 Å². The maximum absolute atomic E-state index is 12.7. The first-order valence-electron chi connectivity index (χ1n) is 7.66. The fraction of sp³-hybridized carbons (Fsp3) is 0.438. The molecule has 1 N–H and O–H groups in total. The summed E-state index contributed by atoms with van der Waals surface area (Å²) >= 11 is 0. The fourth-order valence-electron chi connectivity index (χ4n) is 2.81. The number of pyridine rings is 1. The molecule has 2 aromatic rings. The number of hydrogen-bond acceptors (Lipinski definition) is 4. The van der Waals surface area contributed by atoms with E-state index >= 15 is 0 Å². The number of piperidine rings is 1. The molecule has 3 heterocycles. The number of aliphatic hydroxyl groups excluding tert-OH is 1. The van der Waals surface area contributed by atoms with Gasteiger partial charge in [0.15, 0.2) is 5.82 Å². The van der Waals surface area contributed by atoms with Crippen molar-refractivity contribution < 1.29 is 9.90 Å². The molecule has 1 aliphatic rings. The molecule has 1 saturated heterocycles. The number of carbonyl (C=O) groups is 1. The Hall–Kier alpha value is -2.21. The molecular weight excluding hydrogens is 280 g/mol. The van der Waals surface area contributed by atoms with E-state index < -0.39 is 0 Å². The SMILES string of the molecule is CCc1c(C(=O)N2CCC(O)CC2)cnn1-c1ccccn1. The molecule has 1 fully saturated rings. The number of aromatic nitrogens is 3. The molecule has 6 nitrogen and oxygen atoms in total. The lowest BCUT2D eigenvalue weighted by Crippen LogP contribution is -2.40. The monoisotopic (exact) mass is 300 g/mol. The van der Waals surface area contributed by atoms with Crippen LogP contribution in [-0.4, -0.2) is 49.9 Å². The number of rotatable bonds is 3. The molecule has 116 valence electrons. The summed E-state index contributed by atoms with van der Waals surface area (Å²) < 4.78 is 1.73. The lowest BCUT2D eigenvalue weighted by atomic mass is 10.1. The molecule has 6 heteroatoms. The largest absolute Gasteiger partial charge is 0.393 e. The van der Waals surface area contributed by atoms with Gasteiger partial charge in [0.05, 0.1) is 23.6 Å². The maximum atomic E-state index is 12.7. The Morgan fingerprint density at radius 1 is 1.36 bits per heavy atom. The van der Waals surface area contributed by atoms with Gasteiger partial charge in [-0.05, 0) is 31.4 Å². The minimum absolute atomic E-state index is 0.00840. The summed E-state index contributed by atoms with van der Waals surface area (Å²) in [5, 5.41) is 13.9. The molecule has 1 aliphatic heterocycles. The van der Waals surface area contributed by atoms with Gasteiger partial charge in [-0.3, -0.25) is 4.79 Å². The van der Waals surface area contributed by atoms with Crippen molar-refractivity contribution in [1.29, 1.82) is 0 Å². The number of hydrogen-bond donors (Lipinski definition) is 1. The standard InChI is InChI=1S/C16H20N4O2/c1-2-14-13(16(22)19-9-6-12(21)7-10-19)11-18-20(14)15-5-3-4-8-17-15/h3-5,8,11-12,21H,2,6-7,9-10H2,1H3. The van der Waals surface area contributed by atoms with Gasteiger partial charge in [0.2, 0.25) is 0 Å². The van der Waals surface area contributed by atoms with Crippen molar-refractivity contribution in [2.75, 3.05) is 13.1 Å². The van der Waals surface area contributed by atoms with Crippen molar-refractivity contribution in [3.8, 4) is 5.82 Å². The van der Waals surface area contributed by atoms with Crippen molar-refractivity contribution >= 4 is 5.91 Å². The van der Waals surface area contributed by atoms with Crippen LogP contribution in [0.25, 0.3) is 5.82 Å². The summed E-state index contributed by atoms with van der Waals surface area (Å²) in [6.45, 7) is 3.20. The van der Waals surface area contributed by atoms with Gasteiger partial charge in [0, 0.05) is 19.3 Å². The van der Waals surface area contributed by atoms with Crippen molar-refractivity contribution in [1.82, 2.24) is 19.7 Å². The van der Waals surface area contributed by atoms with E-state index in [1.165, 1.54) is 0 Å². The van der Waals surface area contributed by atoms with Gasteiger partial charge >= 0.3 is 0 Å². The first-order chi connectivity index (χ1) is 10.7. The van der Waals surface area contributed by atoms with E-state index in [0.29, 0.717) is 43.7 Å². The normalized spacial score (nSPS) is 16.0. The quantitative estimate of drug-likeness (QED) is 0.931. The Morgan fingerprint density at radius 2 is 2.14 bits per heavy atom. The van der Waals surface area contributed by atoms with E-state index in [1.54, 1.807) is 22.0 Å². The zero-order valence-corrected chi connectivity index (χ0v) is 12.6. The lowest BCUT2D eigenvalue weighted by Gasteiger charge is -2.29. The summed E-state index contributed by atoms with van der Waals surface area (Å²) in [5.41, 5.74) is 1.50. The van der Waals surface area contributed by atoms with E-state index in [1.807, 2.05) is 25.1 Å². The van der Waals surface area contributed by atoms with Gasteiger partial charge in [-0.2, -0.15) is 5.10 Å². The Bertz CT molecular complexity index is 645. The third-order valence-corrected chi connectivity index (χ3v) is 4.05. The highest BCUT2D eigenvalue weighted by Gasteiger charge is 2.26. The highest BCUT2D eigenvalue weighted by atomic mass is 16.3. The molecule has 0 unspecified atom stereocenters. The zero-order valence-electron chi connectivity index (χ0n) is 12.6. The van der Waals surface area contributed by atoms with Gasteiger partial charge < -0.3 is 10.0 Å². The van der Waals surface area contributed by atoms with Crippen LogP contribution in [0.2, 0.25) is 0 Å². The summed E-state index contributed by atoms with van der Waals surface area (Å²) in [4.78, 5) is 18.8. The van der Waals surface area contributed by atoms with Crippen molar-refractivity contribution in [3.63, 3.8) is 0 Å². The topological polar surface area (TPSA) is 71.2 Å². The molecule has 0 spiro atoms. The average Bonchev–Trinajstić information content (AvgIpc) is 2.99. The number of aliphatic hydroxyl groups is 1. The van der Waals surface area contributed by atoms with Crippen LogP contribution in [0.1, 0.15) is 35.8 Å². The van der Waals surface area contributed by atoms with Gasteiger partial charge in [-0.1, -0.05) is 13.0 Å². The second-order valence-electron chi connectivity index (χ2n) is 5.48. The van der Waals surface area contributed by atoms with Crippen LogP contribution in [0.15, 0.2) is 30.6 Å².